The maximum Gasteiger partial charge on any atom is 0.141 e. The highest BCUT2D eigenvalue weighted by Crippen LogP contribution is 2.34. The summed E-state index contributed by atoms with van der Waals surface area (Å²) in [5.74, 6) is 2.14. The predicted molar refractivity (Wildman–Crippen MR) is 80.1 cm³/mol. The van der Waals surface area contributed by atoms with Crippen molar-refractivity contribution in [3.8, 4) is 17.2 Å². The fourth-order valence-corrected chi connectivity index (χ4v) is 2.25. The summed E-state index contributed by atoms with van der Waals surface area (Å²) in [5, 5.41) is 0.640. The van der Waals surface area contributed by atoms with Gasteiger partial charge in [-0.05, 0) is 52.3 Å². The van der Waals surface area contributed by atoms with Crippen LogP contribution in [-0.4, -0.2) is 7.11 Å². The molecule has 2 aromatic rings. The van der Waals surface area contributed by atoms with Gasteiger partial charge < -0.3 is 15.2 Å². The topological polar surface area (TPSA) is 44.5 Å². The molecule has 0 bridgehead atoms. The van der Waals surface area contributed by atoms with Crippen LogP contribution in [0.1, 0.15) is 5.56 Å². The van der Waals surface area contributed by atoms with Gasteiger partial charge in [0.2, 0.25) is 0 Å². The van der Waals surface area contributed by atoms with Crippen molar-refractivity contribution in [1.29, 1.82) is 0 Å². The molecule has 0 aliphatic rings. The molecule has 0 saturated heterocycles. The monoisotopic (exact) mass is 341 g/mol. The van der Waals surface area contributed by atoms with Crippen LogP contribution < -0.4 is 15.2 Å². The van der Waals surface area contributed by atoms with Gasteiger partial charge in [0.05, 0.1) is 11.6 Å². The van der Waals surface area contributed by atoms with Crippen molar-refractivity contribution in [2.75, 3.05) is 7.11 Å². The van der Waals surface area contributed by atoms with Gasteiger partial charge in [0.25, 0.3) is 0 Å². The molecule has 0 fully saturated rings. The van der Waals surface area contributed by atoms with Crippen LogP contribution in [-0.2, 0) is 6.54 Å². The third-order valence-electron chi connectivity index (χ3n) is 2.60. The van der Waals surface area contributed by atoms with Crippen molar-refractivity contribution in [2.45, 2.75) is 6.54 Å². The third-order valence-corrected chi connectivity index (χ3v) is 3.46. The molecule has 0 atom stereocenters. The van der Waals surface area contributed by atoms with Crippen LogP contribution in [0.5, 0.6) is 17.2 Å². The molecule has 2 aromatic carbocycles. The minimum absolute atomic E-state index is 0.365. The van der Waals surface area contributed by atoms with Crippen molar-refractivity contribution < 1.29 is 9.47 Å². The van der Waals surface area contributed by atoms with Crippen molar-refractivity contribution in [3.05, 3.63) is 51.5 Å². The molecular weight excluding hydrogens is 330 g/mol. The molecule has 0 amide bonds. The lowest BCUT2D eigenvalue weighted by Gasteiger charge is -2.12. The number of nitrogens with two attached hydrogens (primary N) is 1. The lowest BCUT2D eigenvalue weighted by Crippen LogP contribution is -1.99. The first-order valence-corrected chi connectivity index (χ1v) is 6.81. The highest BCUT2D eigenvalue weighted by Gasteiger charge is 2.08. The molecule has 0 radical (unpaired) electrons. The van der Waals surface area contributed by atoms with E-state index < -0.39 is 0 Å². The number of benzene rings is 2. The van der Waals surface area contributed by atoms with Crippen LogP contribution in [0.4, 0.5) is 0 Å². The second kappa shape index (κ2) is 6.28. The maximum atomic E-state index is 5.93. The molecule has 2 rings (SSSR count). The molecule has 0 spiro atoms. The van der Waals surface area contributed by atoms with Gasteiger partial charge in [0.1, 0.15) is 17.2 Å². The van der Waals surface area contributed by atoms with E-state index in [0.717, 1.165) is 15.8 Å². The van der Waals surface area contributed by atoms with Gasteiger partial charge in [-0.25, -0.2) is 0 Å². The second-order valence-electron chi connectivity index (χ2n) is 3.85. The average molecular weight is 343 g/mol. The number of hydrogen-bond acceptors (Lipinski definition) is 3. The highest BCUT2D eigenvalue weighted by molar-refractivity contribution is 9.10. The summed E-state index contributed by atoms with van der Waals surface area (Å²) in [7, 11) is 1.62. The largest absolute Gasteiger partial charge is 0.497 e. The molecule has 0 aromatic heterocycles. The van der Waals surface area contributed by atoms with E-state index in [1.165, 1.54) is 0 Å². The molecule has 19 heavy (non-hydrogen) atoms. The van der Waals surface area contributed by atoms with Crippen LogP contribution in [0.3, 0.4) is 0 Å². The van der Waals surface area contributed by atoms with Gasteiger partial charge in [-0.2, -0.15) is 0 Å². The number of hydrogen-bond donors (Lipinski definition) is 1. The molecule has 0 aliphatic carbocycles. The molecule has 0 saturated carbocycles. The van der Waals surface area contributed by atoms with Crippen LogP contribution in [0, 0.1) is 0 Å². The summed E-state index contributed by atoms with van der Waals surface area (Å²) in [6.07, 6.45) is 0. The standard InChI is InChI=1S/C14H13BrClNO2/c1-18-11-3-5-14(12(15)7-11)19-13-4-2-10(16)6-9(13)8-17/h2-7H,8,17H2,1H3. The first-order valence-electron chi connectivity index (χ1n) is 5.64. The minimum Gasteiger partial charge on any atom is -0.497 e. The van der Waals surface area contributed by atoms with E-state index in [0.29, 0.717) is 23.1 Å². The van der Waals surface area contributed by atoms with Crippen molar-refractivity contribution in [3.63, 3.8) is 0 Å². The third kappa shape index (κ3) is 3.41. The van der Waals surface area contributed by atoms with E-state index in [2.05, 4.69) is 15.9 Å². The average Bonchev–Trinajstić information content (AvgIpc) is 2.42. The van der Waals surface area contributed by atoms with E-state index in [1.807, 2.05) is 18.2 Å². The van der Waals surface area contributed by atoms with Crippen molar-refractivity contribution in [2.24, 2.45) is 5.73 Å². The Hall–Kier alpha value is -1.23. The Bertz CT molecular complexity index is 590. The first-order chi connectivity index (χ1) is 9.13. The molecule has 0 aliphatic heterocycles. The maximum absolute atomic E-state index is 5.93. The zero-order valence-electron chi connectivity index (χ0n) is 10.3. The summed E-state index contributed by atoms with van der Waals surface area (Å²) in [6.45, 7) is 0.365. The van der Waals surface area contributed by atoms with Gasteiger partial charge in [-0.3, -0.25) is 0 Å². The summed E-state index contributed by atoms with van der Waals surface area (Å²) in [5.41, 5.74) is 6.54. The molecule has 5 heteroatoms. The second-order valence-corrected chi connectivity index (χ2v) is 5.15. The summed E-state index contributed by atoms with van der Waals surface area (Å²) in [4.78, 5) is 0. The molecular formula is C14H13BrClNO2. The summed E-state index contributed by atoms with van der Waals surface area (Å²) in [6, 6.07) is 10.9. The van der Waals surface area contributed by atoms with E-state index in [9.17, 15) is 0 Å². The Balaban J connectivity index is 2.31. The van der Waals surface area contributed by atoms with Gasteiger partial charge in [0, 0.05) is 17.1 Å². The number of methoxy groups -OCH3 is 1. The quantitative estimate of drug-likeness (QED) is 0.897. The van der Waals surface area contributed by atoms with E-state index in [1.54, 1.807) is 25.3 Å². The first kappa shape index (κ1) is 14.2. The Morgan fingerprint density at radius 3 is 2.53 bits per heavy atom. The fourth-order valence-electron chi connectivity index (χ4n) is 1.62. The van der Waals surface area contributed by atoms with Crippen molar-refractivity contribution in [1.82, 2.24) is 0 Å². The minimum atomic E-state index is 0.365. The fraction of sp³-hybridized carbons (Fsp3) is 0.143. The Morgan fingerprint density at radius 2 is 1.89 bits per heavy atom. The number of halogens is 2. The summed E-state index contributed by atoms with van der Waals surface area (Å²) < 4.78 is 11.8. The lowest BCUT2D eigenvalue weighted by molar-refractivity contribution is 0.412. The molecule has 0 unspecified atom stereocenters. The van der Waals surface area contributed by atoms with Gasteiger partial charge >= 0.3 is 0 Å². The molecule has 100 valence electrons. The predicted octanol–water partition coefficient (Wildman–Crippen LogP) is 4.36. The number of ether oxygens (including phenoxy) is 2. The Morgan fingerprint density at radius 1 is 1.16 bits per heavy atom. The number of rotatable bonds is 4. The van der Waals surface area contributed by atoms with Crippen LogP contribution in [0.25, 0.3) is 0 Å². The van der Waals surface area contributed by atoms with E-state index >= 15 is 0 Å². The van der Waals surface area contributed by atoms with Gasteiger partial charge in [-0.1, -0.05) is 11.6 Å². The van der Waals surface area contributed by atoms with Crippen LogP contribution in [0.15, 0.2) is 40.9 Å². The molecule has 3 nitrogen and oxygen atoms in total. The van der Waals surface area contributed by atoms with Gasteiger partial charge in [-0.15, -0.1) is 0 Å². The van der Waals surface area contributed by atoms with Crippen molar-refractivity contribution >= 4 is 27.5 Å². The normalized spacial score (nSPS) is 10.3. The summed E-state index contributed by atoms with van der Waals surface area (Å²) >= 11 is 9.38. The molecule has 2 N–H and O–H groups in total. The van der Waals surface area contributed by atoms with E-state index in [-0.39, 0.29) is 0 Å². The molecule has 0 heterocycles. The lowest BCUT2D eigenvalue weighted by atomic mass is 10.2. The van der Waals surface area contributed by atoms with Crippen LogP contribution in [0.2, 0.25) is 5.02 Å². The SMILES string of the molecule is COc1ccc(Oc2ccc(Cl)cc2CN)c(Br)c1. The van der Waals surface area contributed by atoms with Gasteiger partial charge in [0.15, 0.2) is 0 Å². The zero-order chi connectivity index (χ0) is 13.8. The van der Waals surface area contributed by atoms with Crippen LogP contribution >= 0.6 is 27.5 Å². The highest BCUT2D eigenvalue weighted by atomic mass is 79.9. The zero-order valence-corrected chi connectivity index (χ0v) is 12.7. The smallest absolute Gasteiger partial charge is 0.141 e. The van der Waals surface area contributed by atoms with E-state index in [4.69, 9.17) is 26.8 Å². The Kier molecular flexibility index (Phi) is 4.69. The Labute approximate surface area is 125 Å².